The number of terminal acetylenes is 1. The molecule has 31 heavy (non-hydrogen) atoms. The van der Waals surface area contributed by atoms with Gasteiger partial charge in [-0.05, 0) is 48.7 Å². The number of ether oxygens (including phenoxy) is 3. The van der Waals surface area contributed by atoms with Crippen molar-refractivity contribution in [2.24, 2.45) is 0 Å². The Morgan fingerprint density at radius 1 is 1.19 bits per heavy atom. The first-order valence-corrected chi connectivity index (χ1v) is 10.4. The largest absolute Gasteiger partial charge is 0.493 e. The van der Waals surface area contributed by atoms with E-state index in [1.165, 1.54) is 0 Å². The fourth-order valence-corrected chi connectivity index (χ4v) is 3.08. The Bertz CT molecular complexity index is 953. The quantitative estimate of drug-likeness (QED) is 0.377. The van der Waals surface area contributed by atoms with E-state index in [1.807, 2.05) is 31.2 Å². The fourth-order valence-electron chi connectivity index (χ4n) is 2.78. The molecule has 1 atom stereocenters. The highest BCUT2D eigenvalue weighted by Gasteiger charge is 2.21. The van der Waals surface area contributed by atoms with Crippen LogP contribution in [-0.4, -0.2) is 32.8 Å². The van der Waals surface area contributed by atoms with Crippen LogP contribution in [0, 0.1) is 12.3 Å². The van der Waals surface area contributed by atoms with Crippen molar-refractivity contribution >= 4 is 29.1 Å². The van der Waals surface area contributed by atoms with E-state index in [9.17, 15) is 4.79 Å². The molecule has 0 aliphatic carbocycles. The lowest BCUT2D eigenvalue weighted by molar-refractivity contribution is -0.132. The number of halogens is 2. The monoisotopic (exact) mass is 461 g/mol. The molecule has 0 aliphatic rings. The molecule has 2 rings (SSSR count). The summed E-state index contributed by atoms with van der Waals surface area (Å²) in [7, 11) is 1.56. The number of carbonyl (C=O) groups excluding carboxylic acids is 1. The summed E-state index contributed by atoms with van der Waals surface area (Å²) in [5.41, 5.74) is 1.61. The molecule has 2 aromatic rings. The number of methoxy groups -OCH3 is 1. The second-order valence-electron chi connectivity index (χ2n) is 6.47. The van der Waals surface area contributed by atoms with E-state index < -0.39 is 6.10 Å². The molecule has 164 valence electrons. The lowest BCUT2D eigenvalue weighted by Crippen LogP contribution is -2.32. The minimum atomic E-state index is -0.806. The Balaban J connectivity index is 2.03. The number of nitrogens with one attached hydrogen (secondary N) is 1. The molecule has 0 fully saturated rings. The third-order valence-electron chi connectivity index (χ3n) is 4.33. The average molecular weight is 462 g/mol. The Morgan fingerprint density at radius 2 is 2.00 bits per heavy atom. The van der Waals surface area contributed by atoms with Gasteiger partial charge in [-0.2, -0.15) is 0 Å². The molecule has 7 heteroatoms. The van der Waals surface area contributed by atoms with E-state index in [-0.39, 0.29) is 12.5 Å². The van der Waals surface area contributed by atoms with E-state index in [2.05, 4.69) is 11.2 Å². The summed E-state index contributed by atoms with van der Waals surface area (Å²) in [5, 5.41) is 3.70. The van der Waals surface area contributed by atoms with Gasteiger partial charge in [-0.3, -0.25) is 4.79 Å². The third kappa shape index (κ3) is 7.52. The van der Waals surface area contributed by atoms with E-state index in [4.69, 9.17) is 43.8 Å². The lowest BCUT2D eigenvalue weighted by atomic mass is 10.1. The van der Waals surface area contributed by atoms with Crippen molar-refractivity contribution in [3.05, 3.63) is 69.7 Å². The van der Waals surface area contributed by atoms with Crippen molar-refractivity contribution < 1.29 is 19.0 Å². The third-order valence-corrected chi connectivity index (χ3v) is 5.07. The molecule has 0 unspecified atom stereocenters. The average Bonchev–Trinajstić information content (AvgIpc) is 2.77. The SMILES string of the molecule is C#CCOc1ccc(CCNC(=O)[C@@H](OCC=CC)c2ccc(Cl)c(Cl)c2)cc1OC. The molecule has 0 aromatic heterocycles. The smallest absolute Gasteiger partial charge is 0.253 e. The maximum Gasteiger partial charge on any atom is 0.253 e. The van der Waals surface area contributed by atoms with Gasteiger partial charge in [0.2, 0.25) is 0 Å². The van der Waals surface area contributed by atoms with Crippen molar-refractivity contribution in [2.45, 2.75) is 19.4 Å². The summed E-state index contributed by atoms with van der Waals surface area (Å²) in [5.74, 6) is 3.32. The summed E-state index contributed by atoms with van der Waals surface area (Å²) in [6, 6.07) is 10.6. The number of rotatable bonds is 11. The molecule has 5 nitrogen and oxygen atoms in total. The predicted molar refractivity (Wildman–Crippen MR) is 124 cm³/mol. The van der Waals surface area contributed by atoms with Crippen LogP contribution in [-0.2, 0) is 16.0 Å². The summed E-state index contributed by atoms with van der Waals surface area (Å²) < 4.78 is 16.6. The zero-order valence-electron chi connectivity index (χ0n) is 17.5. The van der Waals surface area contributed by atoms with Gasteiger partial charge >= 0.3 is 0 Å². The van der Waals surface area contributed by atoms with E-state index in [0.29, 0.717) is 46.7 Å². The number of allylic oxidation sites excluding steroid dienone is 1. The summed E-state index contributed by atoms with van der Waals surface area (Å²) in [4.78, 5) is 12.8. The Morgan fingerprint density at radius 3 is 2.68 bits per heavy atom. The topological polar surface area (TPSA) is 56.8 Å². The second-order valence-corrected chi connectivity index (χ2v) is 7.29. The maximum atomic E-state index is 12.8. The summed E-state index contributed by atoms with van der Waals surface area (Å²) in [6.07, 6.45) is 8.70. The Kier molecular flexibility index (Phi) is 10.3. The van der Waals surface area contributed by atoms with Crippen LogP contribution < -0.4 is 14.8 Å². The van der Waals surface area contributed by atoms with Gasteiger partial charge in [0.15, 0.2) is 17.6 Å². The highest BCUT2D eigenvalue weighted by molar-refractivity contribution is 6.42. The molecule has 2 aromatic carbocycles. The summed E-state index contributed by atoms with van der Waals surface area (Å²) >= 11 is 12.1. The van der Waals surface area contributed by atoms with Crippen molar-refractivity contribution in [3.63, 3.8) is 0 Å². The number of carbonyl (C=O) groups is 1. The van der Waals surface area contributed by atoms with Crippen molar-refractivity contribution in [1.82, 2.24) is 5.32 Å². The highest BCUT2D eigenvalue weighted by atomic mass is 35.5. The van der Waals surface area contributed by atoms with Crippen molar-refractivity contribution in [1.29, 1.82) is 0 Å². The molecule has 0 spiro atoms. The minimum Gasteiger partial charge on any atom is -0.493 e. The van der Waals surface area contributed by atoms with Crippen molar-refractivity contribution in [2.75, 3.05) is 26.9 Å². The number of hydrogen-bond acceptors (Lipinski definition) is 4. The first-order valence-electron chi connectivity index (χ1n) is 9.68. The molecule has 0 bridgehead atoms. The molecule has 1 N–H and O–H groups in total. The van der Waals surface area contributed by atoms with Gasteiger partial charge in [0.25, 0.3) is 5.91 Å². The predicted octanol–water partition coefficient (Wildman–Crippen LogP) is 5.01. The van der Waals surface area contributed by atoms with Gasteiger partial charge in [-0.15, -0.1) is 6.42 Å². The van der Waals surface area contributed by atoms with Crippen LogP contribution in [0.1, 0.15) is 24.2 Å². The van der Waals surface area contributed by atoms with Crippen LogP contribution in [0.15, 0.2) is 48.6 Å². The molecule has 0 radical (unpaired) electrons. The molecule has 1 amide bonds. The molecule has 0 aliphatic heterocycles. The number of benzene rings is 2. The van der Waals surface area contributed by atoms with E-state index in [1.54, 1.807) is 31.4 Å². The standard InChI is InChI=1S/C24H25Cl2NO4/c1-4-6-14-31-23(18-8-9-19(25)20(26)16-18)24(28)27-12-11-17-7-10-21(30-13-5-2)22(15-17)29-3/h2,4,6-10,15-16,23H,11-14H2,1,3H3,(H,27,28)/t23-/m0/s1. The van der Waals surface area contributed by atoms with Gasteiger partial charge in [0.05, 0.1) is 23.8 Å². The van der Waals surface area contributed by atoms with E-state index >= 15 is 0 Å². The molecule has 0 heterocycles. The number of hydrogen-bond donors (Lipinski definition) is 1. The zero-order valence-corrected chi connectivity index (χ0v) is 19.0. The minimum absolute atomic E-state index is 0.162. The Labute approximate surface area is 193 Å². The fraction of sp³-hybridized carbons (Fsp3) is 0.292. The highest BCUT2D eigenvalue weighted by Crippen LogP contribution is 2.29. The first-order chi connectivity index (χ1) is 15.0. The normalized spacial score (nSPS) is 11.7. The van der Waals surface area contributed by atoms with Crippen LogP contribution in [0.4, 0.5) is 0 Å². The number of amides is 1. The second kappa shape index (κ2) is 12.9. The van der Waals surface area contributed by atoms with Crippen LogP contribution >= 0.6 is 23.2 Å². The van der Waals surface area contributed by atoms with Crippen molar-refractivity contribution in [3.8, 4) is 23.8 Å². The van der Waals surface area contributed by atoms with Gasteiger partial charge in [0, 0.05) is 6.54 Å². The molecule has 0 saturated heterocycles. The lowest BCUT2D eigenvalue weighted by Gasteiger charge is -2.18. The van der Waals surface area contributed by atoms with Gasteiger partial charge in [-0.1, -0.05) is 53.4 Å². The molecular weight excluding hydrogens is 437 g/mol. The van der Waals surface area contributed by atoms with E-state index in [0.717, 1.165) is 5.56 Å². The molecule has 0 saturated carbocycles. The van der Waals surface area contributed by atoms with Gasteiger partial charge < -0.3 is 19.5 Å². The van der Waals surface area contributed by atoms with Crippen LogP contribution in [0.5, 0.6) is 11.5 Å². The van der Waals surface area contributed by atoms with Crippen LogP contribution in [0.3, 0.4) is 0 Å². The Hall–Kier alpha value is -2.65. The van der Waals surface area contributed by atoms with Gasteiger partial charge in [0.1, 0.15) is 6.61 Å². The summed E-state index contributed by atoms with van der Waals surface area (Å²) in [6.45, 7) is 2.76. The van der Waals surface area contributed by atoms with Crippen LogP contribution in [0.25, 0.3) is 0 Å². The first kappa shape index (κ1) is 24.6. The zero-order chi connectivity index (χ0) is 22.6. The molecular formula is C24H25Cl2NO4. The maximum absolute atomic E-state index is 12.8. The van der Waals surface area contributed by atoms with Gasteiger partial charge in [-0.25, -0.2) is 0 Å². The van der Waals surface area contributed by atoms with Crippen LogP contribution in [0.2, 0.25) is 10.0 Å².